The summed E-state index contributed by atoms with van der Waals surface area (Å²) in [6.07, 6.45) is 0. The number of ether oxygens (including phenoxy) is 2. The molecule has 0 bridgehead atoms. The molecule has 1 aliphatic rings. The van der Waals surface area contributed by atoms with E-state index in [9.17, 15) is 4.79 Å². The SMILES string of the molecule is C/C(=N\OCC(=O)Nc1cccc(C(C)C)c1)c1ccc2c(c1)OCO2. The zero-order valence-corrected chi connectivity index (χ0v) is 15.1. The van der Waals surface area contributed by atoms with Crippen LogP contribution in [0.5, 0.6) is 11.5 Å². The first kappa shape index (κ1) is 17.8. The van der Waals surface area contributed by atoms with Crippen molar-refractivity contribution in [1.82, 2.24) is 0 Å². The van der Waals surface area contributed by atoms with E-state index < -0.39 is 0 Å². The second-order valence-electron chi connectivity index (χ2n) is 6.35. The van der Waals surface area contributed by atoms with Crippen LogP contribution in [0.3, 0.4) is 0 Å². The number of fused-ring (bicyclic) bond motifs is 1. The van der Waals surface area contributed by atoms with E-state index in [1.165, 1.54) is 5.56 Å². The molecule has 136 valence electrons. The Morgan fingerprint density at radius 2 is 2.00 bits per heavy atom. The molecule has 0 unspecified atom stereocenters. The topological polar surface area (TPSA) is 69.2 Å². The number of nitrogens with one attached hydrogen (secondary N) is 1. The summed E-state index contributed by atoms with van der Waals surface area (Å²) in [5.41, 5.74) is 3.42. The molecule has 0 atom stereocenters. The maximum Gasteiger partial charge on any atom is 0.265 e. The van der Waals surface area contributed by atoms with E-state index in [1.807, 2.05) is 49.4 Å². The number of carbonyl (C=O) groups excluding carboxylic acids is 1. The minimum atomic E-state index is -0.256. The standard InChI is InChI=1S/C20H22N2O4/c1-13(2)15-5-4-6-17(9-15)21-20(23)11-26-22-14(3)16-7-8-18-19(10-16)25-12-24-18/h4-10,13H,11-12H2,1-3H3,(H,21,23)/b22-14+. The summed E-state index contributed by atoms with van der Waals surface area (Å²) in [6.45, 7) is 6.09. The zero-order valence-electron chi connectivity index (χ0n) is 15.1. The first-order valence-electron chi connectivity index (χ1n) is 8.49. The smallest absolute Gasteiger partial charge is 0.265 e. The fourth-order valence-corrected chi connectivity index (χ4v) is 2.53. The summed E-state index contributed by atoms with van der Waals surface area (Å²) in [7, 11) is 0. The van der Waals surface area contributed by atoms with Gasteiger partial charge in [0, 0.05) is 11.3 Å². The van der Waals surface area contributed by atoms with Crippen molar-refractivity contribution in [2.24, 2.45) is 5.16 Å². The fourth-order valence-electron chi connectivity index (χ4n) is 2.53. The number of carbonyl (C=O) groups is 1. The van der Waals surface area contributed by atoms with Gasteiger partial charge in [-0.05, 0) is 48.7 Å². The highest BCUT2D eigenvalue weighted by molar-refractivity contribution is 5.99. The van der Waals surface area contributed by atoms with Crippen molar-refractivity contribution in [1.29, 1.82) is 0 Å². The number of anilines is 1. The molecule has 0 saturated heterocycles. The van der Waals surface area contributed by atoms with E-state index in [0.717, 1.165) is 11.3 Å². The Kier molecular flexibility index (Phi) is 5.41. The lowest BCUT2D eigenvalue weighted by atomic mass is 10.0. The highest BCUT2D eigenvalue weighted by Gasteiger charge is 2.14. The third-order valence-electron chi connectivity index (χ3n) is 4.02. The molecule has 0 aliphatic carbocycles. The number of hydrogen-bond acceptors (Lipinski definition) is 5. The van der Waals surface area contributed by atoms with E-state index >= 15 is 0 Å². The molecule has 1 heterocycles. The van der Waals surface area contributed by atoms with Gasteiger partial charge in [-0.25, -0.2) is 0 Å². The average molecular weight is 354 g/mol. The Morgan fingerprint density at radius 3 is 2.81 bits per heavy atom. The summed E-state index contributed by atoms with van der Waals surface area (Å²) < 4.78 is 10.6. The molecule has 1 amide bonds. The van der Waals surface area contributed by atoms with Gasteiger partial charge in [-0.2, -0.15) is 0 Å². The highest BCUT2D eigenvalue weighted by atomic mass is 16.7. The molecule has 6 nitrogen and oxygen atoms in total. The lowest BCUT2D eigenvalue weighted by Gasteiger charge is -2.09. The van der Waals surface area contributed by atoms with Crippen LogP contribution in [0.1, 0.15) is 37.8 Å². The zero-order chi connectivity index (χ0) is 18.5. The summed E-state index contributed by atoms with van der Waals surface area (Å²) in [4.78, 5) is 17.2. The lowest BCUT2D eigenvalue weighted by molar-refractivity contribution is -0.120. The molecule has 3 rings (SSSR count). The van der Waals surface area contributed by atoms with Crippen molar-refractivity contribution in [3.05, 3.63) is 53.6 Å². The van der Waals surface area contributed by atoms with Gasteiger partial charge in [0.25, 0.3) is 5.91 Å². The largest absolute Gasteiger partial charge is 0.454 e. The van der Waals surface area contributed by atoms with E-state index in [2.05, 4.69) is 24.3 Å². The molecule has 0 fully saturated rings. The minimum Gasteiger partial charge on any atom is -0.454 e. The van der Waals surface area contributed by atoms with E-state index in [-0.39, 0.29) is 19.3 Å². The van der Waals surface area contributed by atoms with Gasteiger partial charge >= 0.3 is 0 Å². The summed E-state index contributed by atoms with van der Waals surface area (Å²) >= 11 is 0. The van der Waals surface area contributed by atoms with Crippen molar-refractivity contribution < 1.29 is 19.1 Å². The van der Waals surface area contributed by atoms with Gasteiger partial charge in [0.15, 0.2) is 18.1 Å². The number of rotatable bonds is 6. The lowest BCUT2D eigenvalue weighted by Crippen LogP contribution is -2.17. The summed E-state index contributed by atoms with van der Waals surface area (Å²) in [6, 6.07) is 13.3. The van der Waals surface area contributed by atoms with Gasteiger partial charge in [-0.1, -0.05) is 31.1 Å². The third kappa shape index (κ3) is 4.33. The number of hydrogen-bond donors (Lipinski definition) is 1. The average Bonchev–Trinajstić information content (AvgIpc) is 3.09. The maximum atomic E-state index is 12.0. The molecule has 26 heavy (non-hydrogen) atoms. The van der Waals surface area contributed by atoms with Gasteiger partial charge in [0.05, 0.1) is 5.71 Å². The molecule has 0 saturated carbocycles. The van der Waals surface area contributed by atoms with Gasteiger partial charge in [0.1, 0.15) is 0 Å². The second-order valence-corrected chi connectivity index (χ2v) is 6.35. The van der Waals surface area contributed by atoms with Crippen molar-refractivity contribution in [2.75, 3.05) is 18.7 Å². The van der Waals surface area contributed by atoms with Crippen LogP contribution in [0.2, 0.25) is 0 Å². The number of amides is 1. The molecule has 1 aliphatic heterocycles. The Balaban J connectivity index is 1.54. The van der Waals surface area contributed by atoms with Crippen LogP contribution < -0.4 is 14.8 Å². The predicted molar refractivity (Wildman–Crippen MR) is 99.9 cm³/mol. The van der Waals surface area contributed by atoms with Crippen molar-refractivity contribution in [3.8, 4) is 11.5 Å². The van der Waals surface area contributed by atoms with Crippen LogP contribution in [-0.2, 0) is 9.63 Å². The fraction of sp³-hybridized carbons (Fsp3) is 0.300. The molecule has 0 spiro atoms. The van der Waals surface area contributed by atoms with Gasteiger partial charge in [-0.15, -0.1) is 0 Å². The molecule has 2 aromatic carbocycles. The number of benzene rings is 2. The minimum absolute atomic E-state index is 0.159. The van der Waals surface area contributed by atoms with Crippen LogP contribution in [0.25, 0.3) is 0 Å². The number of nitrogens with zero attached hydrogens (tertiary/aromatic N) is 1. The Hall–Kier alpha value is -3.02. The summed E-state index contributed by atoms with van der Waals surface area (Å²) in [5, 5.41) is 6.82. The summed E-state index contributed by atoms with van der Waals surface area (Å²) in [5.74, 6) is 1.54. The van der Waals surface area contributed by atoms with Gasteiger partial charge < -0.3 is 19.6 Å². The van der Waals surface area contributed by atoms with E-state index in [1.54, 1.807) is 0 Å². The molecular weight excluding hydrogens is 332 g/mol. The van der Waals surface area contributed by atoms with Crippen LogP contribution in [-0.4, -0.2) is 25.0 Å². The molecule has 1 N–H and O–H groups in total. The van der Waals surface area contributed by atoms with Crippen LogP contribution in [0.15, 0.2) is 47.6 Å². The maximum absolute atomic E-state index is 12.0. The Labute approximate surface area is 152 Å². The van der Waals surface area contributed by atoms with E-state index in [4.69, 9.17) is 14.3 Å². The monoisotopic (exact) mass is 354 g/mol. The van der Waals surface area contributed by atoms with Gasteiger partial charge in [-0.3, -0.25) is 4.79 Å². The molecule has 6 heteroatoms. The van der Waals surface area contributed by atoms with Gasteiger partial charge in [0.2, 0.25) is 6.79 Å². The highest BCUT2D eigenvalue weighted by Crippen LogP contribution is 2.32. The van der Waals surface area contributed by atoms with Crippen LogP contribution in [0.4, 0.5) is 5.69 Å². The van der Waals surface area contributed by atoms with Crippen LogP contribution >= 0.6 is 0 Å². The van der Waals surface area contributed by atoms with E-state index in [0.29, 0.717) is 23.1 Å². The van der Waals surface area contributed by atoms with Crippen LogP contribution in [0, 0.1) is 0 Å². The second kappa shape index (κ2) is 7.91. The third-order valence-corrected chi connectivity index (χ3v) is 4.02. The van der Waals surface area contributed by atoms with Crippen molar-refractivity contribution in [3.63, 3.8) is 0 Å². The Morgan fingerprint density at radius 1 is 1.19 bits per heavy atom. The molecule has 0 aromatic heterocycles. The predicted octanol–water partition coefficient (Wildman–Crippen LogP) is 3.92. The first-order valence-corrected chi connectivity index (χ1v) is 8.49. The number of oxime groups is 1. The normalized spacial score (nSPS) is 13.0. The first-order chi connectivity index (χ1) is 12.5. The van der Waals surface area contributed by atoms with Crippen molar-refractivity contribution in [2.45, 2.75) is 26.7 Å². The quantitative estimate of drug-likeness (QED) is 0.631. The molecular formula is C20H22N2O4. The molecule has 2 aromatic rings. The Bertz CT molecular complexity index is 830. The molecule has 0 radical (unpaired) electrons. The van der Waals surface area contributed by atoms with Crippen molar-refractivity contribution >= 4 is 17.3 Å².